The van der Waals surface area contributed by atoms with Gasteiger partial charge in [0.1, 0.15) is 11.2 Å². The average Bonchev–Trinajstić information content (AvgIpc) is 1.73. The van der Waals surface area contributed by atoms with Crippen LogP contribution in [0.1, 0.15) is 99.9 Å². The van der Waals surface area contributed by atoms with Crippen LogP contribution >= 0.6 is 0 Å². The molecule has 570 valence electrons. The van der Waals surface area contributed by atoms with Crippen LogP contribution in [0.3, 0.4) is 0 Å². The largest absolute Gasteiger partial charge is 0.456 e. The van der Waals surface area contributed by atoms with Gasteiger partial charge in [-0.1, -0.05) is 298 Å². The fourth-order valence-electron chi connectivity index (χ4n) is 21.8. The van der Waals surface area contributed by atoms with E-state index in [0.717, 1.165) is 154 Å². The van der Waals surface area contributed by atoms with E-state index in [-0.39, 0.29) is 21.7 Å². The molecule has 0 amide bonds. The first kappa shape index (κ1) is 69.6. The normalized spacial score (nSPS) is 14.5. The van der Waals surface area contributed by atoms with E-state index in [1.165, 1.54) is 111 Å². The minimum atomic E-state index is -0.134. The van der Waals surface area contributed by atoms with Gasteiger partial charge in [0.05, 0.1) is 45.8 Å². The van der Waals surface area contributed by atoms with Gasteiger partial charge in [0, 0.05) is 65.1 Å². The summed E-state index contributed by atoms with van der Waals surface area (Å²) in [6.45, 7) is 18.8. The van der Waals surface area contributed by atoms with Crippen LogP contribution < -0.4 is 0 Å². The number of aromatic nitrogens is 4. The first-order chi connectivity index (χ1) is 58.9. The Balaban J connectivity index is 0.577. The van der Waals surface area contributed by atoms with Crippen LogP contribution in [0.2, 0.25) is 0 Å². The van der Waals surface area contributed by atoms with Crippen molar-refractivity contribution in [3.8, 4) is 134 Å². The highest BCUT2D eigenvalue weighted by molar-refractivity contribution is 6.26. The topological polar surface area (TPSA) is 64.7 Å². The first-order valence-electron chi connectivity index (χ1n) is 42.4. The van der Waals surface area contributed by atoms with Crippen molar-refractivity contribution < 1.29 is 4.42 Å². The van der Waals surface area contributed by atoms with Gasteiger partial charge in [-0.05, 0) is 262 Å². The maximum atomic E-state index is 6.69. The zero-order valence-corrected chi connectivity index (χ0v) is 68.5. The van der Waals surface area contributed by atoms with Crippen molar-refractivity contribution in [2.75, 3.05) is 0 Å². The van der Waals surface area contributed by atoms with E-state index >= 15 is 0 Å². The van der Waals surface area contributed by atoms with Crippen molar-refractivity contribution in [2.24, 2.45) is 0 Å². The third-order valence-electron chi connectivity index (χ3n) is 28.3. The van der Waals surface area contributed by atoms with Crippen molar-refractivity contribution >= 4 is 87.1 Å². The Labute approximate surface area is 702 Å². The lowest BCUT2D eigenvalue weighted by molar-refractivity contribution is 0.660. The molecule has 25 rings (SSSR count). The summed E-state index contributed by atoms with van der Waals surface area (Å²) in [6, 6.07) is 122. The molecule has 3 aromatic heterocycles. The average molecular weight is 1550 g/mol. The second kappa shape index (κ2) is 25.0. The number of hydrogen-bond acceptors (Lipinski definition) is 5. The molecule has 0 bridgehead atoms. The second-order valence-corrected chi connectivity index (χ2v) is 36.4. The van der Waals surface area contributed by atoms with E-state index in [1.54, 1.807) is 0 Å². The predicted molar refractivity (Wildman–Crippen MR) is 504 cm³/mol. The number of benzene rings is 18. The third kappa shape index (κ3) is 10.2. The summed E-state index contributed by atoms with van der Waals surface area (Å²) < 4.78 is 6.69. The monoisotopic (exact) mass is 1540 g/mol. The van der Waals surface area contributed by atoms with Crippen molar-refractivity contribution in [3.63, 3.8) is 0 Å². The molecule has 21 aromatic rings. The highest BCUT2D eigenvalue weighted by Gasteiger charge is 2.40. The maximum absolute atomic E-state index is 6.69. The molecule has 5 nitrogen and oxygen atoms in total. The molecule has 0 fully saturated rings. The lowest BCUT2D eigenvalue weighted by atomic mass is 9.81. The molecule has 0 spiro atoms. The van der Waals surface area contributed by atoms with Crippen LogP contribution in [-0.4, -0.2) is 19.9 Å². The van der Waals surface area contributed by atoms with E-state index < -0.39 is 0 Å². The van der Waals surface area contributed by atoms with Gasteiger partial charge in [-0.3, -0.25) is 9.97 Å². The molecule has 0 radical (unpaired) electrons. The second-order valence-electron chi connectivity index (χ2n) is 36.4. The van der Waals surface area contributed by atoms with Crippen LogP contribution in [-0.2, 0) is 21.7 Å². The molecule has 4 aliphatic carbocycles. The Morgan fingerprint density at radius 3 is 0.736 bits per heavy atom. The number of nitrogens with zero attached hydrogens (tertiary/aromatic N) is 4. The minimum Gasteiger partial charge on any atom is -0.456 e. The predicted octanol–water partition coefficient (Wildman–Crippen LogP) is 30.6. The summed E-state index contributed by atoms with van der Waals surface area (Å²) >= 11 is 0. The highest BCUT2D eigenvalue weighted by Crippen LogP contribution is 2.56. The zero-order chi connectivity index (χ0) is 80.8. The van der Waals surface area contributed by atoms with E-state index in [2.05, 4.69) is 383 Å². The summed E-state index contributed by atoms with van der Waals surface area (Å²) in [4.78, 5) is 22.5. The summed E-state index contributed by atoms with van der Waals surface area (Å²) in [5.74, 6) is 0. The Kier molecular flexibility index (Phi) is 14.4. The molecule has 3 heterocycles. The van der Waals surface area contributed by atoms with Crippen LogP contribution in [0.25, 0.3) is 221 Å². The van der Waals surface area contributed by atoms with E-state index in [1.807, 2.05) is 12.4 Å². The van der Waals surface area contributed by atoms with Gasteiger partial charge in [-0.2, -0.15) is 0 Å². The fraction of sp³-hybridized carbons (Fsp3) is 0.103. The highest BCUT2D eigenvalue weighted by atomic mass is 16.3. The summed E-state index contributed by atoms with van der Waals surface area (Å²) in [5.41, 5.74) is 43.3. The molecule has 18 aromatic carbocycles. The molecule has 0 saturated heterocycles. The Bertz CT molecular complexity index is 7750. The lowest BCUT2D eigenvalue weighted by Crippen LogP contribution is -2.14. The molecule has 4 aliphatic rings. The van der Waals surface area contributed by atoms with Gasteiger partial charge in [0.2, 0.25) is 0 Å². The number of rotatable bonds is 8. The Morgan fingerprint density at radius 2 is 0.421 bits per heavy atom. The van der Waals surface area contributed by atoms with E-state index in [9.17, 15) is 0 Å². The van der Waals surface area contributed by atoms with Gasteiger partial charge in [-0.25, -0.2) is 9.97 Å². The van der Waals surface area contributed by atoms with Crippen molar-refractivity contribution in [1.29, 1.82) is 0 Å². The van der Waals surface area contributed by atoms with Crippen LogP contribution in [0.4, 0.5) is 0 Å². The maximum Gasteiger partial charge on any atom is 0.135 e. The molecule has 0 atom stereocenters. The van der Waals surface area contributed by atoms with Crippen molar-refractivity contribution in [2.45, 2.75) is 77.0 Å². The number of fused-ring (bicyclic) bond motifs is 27. The Hall–Kier alpha value is -14.5. The molecule has 121 heavy (non-hydrogen) atoms. The van der Waals surface area contributed by atoms with Crippen molar-refractivity contribution in [1.82, 2.24) is 19.9 Å². The Morgan fingerprint density at radius 1 is 0.182 bits per heavy atom. The molecule has 0 unspecified atom stereocenters. The SMILES string of the molecule is CC1(C)c2ccccc2-c2ccc(-c3ccc4c5ccc(-c6ccc7c(c6)C(C)(C)c6ccccc6-7)cc5c5nc(-c6cccc(-c7ccc8oc9ccc(-c%10cccc(-c%11cnc%12c%13cc(-c%14ccc%15c(c%14)C(C)(C)c%14ccccc%14-%15)ccc%13c%13ccc(-c%14ccc%15c(c%14)C(C)(C)c%14ccccc%14-%15)cc%13c%12n%11)c%10)cc9c8c7)c6)cnc5c4c3)cc21. The van der Waals surface area contributed by atoms with Gasteiger partial charge in [0.25, 0.3) is 0 Å². The quantitative estimate of drug-likeness (QED) is 0.142. The first-order valence-corrected chi connectivity index (χ1v) is 42.4. The summed E-state index contributed by atoms with van der Waals surface area (Å²) in [6.07, 6.45) is 3.96. The van der Waals surface area contributed by atoms with E-state index in [4.69, 9.17) is 24.4 Å². The number of hydrogen-bond donors (Lipinski definition) is 0. The van der Waals surface area contributed by atoms with Gasteiger partial charge in [-0.15, -0.1) is 0 Å². The summed E-state index contributed by atoms with van der Waals surface area (Å²) in [7, 11) is 0. The standard InChI is InChI=1S/C116H80N4O/c1-113(2)97-27-13-9-23-83(97)87-45-35-73(59-101(87)113)67-31-41-79-81-43-33-69(75-37-47-89-85-25-11-15-29-99(85)115(5,6)103(89)61-75)57-95(81)111-109(93(79)55-67)117-63-105(119-111)77-21-17-19-65(51-77)71-39-49-107-91(53-71)92-54-72(40-50-108(92)121-107)66-20-18-22-78(52-66)106-64-118-110-94-56-68(74-36-46-88-84-24-10-14-28-98(84)114(3,4)102(88)60-74)32-42-80(94)82-44-34-70(58-96(82)112(110)120-106)76-38-48-90-86-26-12-16-30-100(86)116(7,8)104(90)62-76/h9-64H,1-8H3. The molecular weight excluding hydrogens is 1470 g/mol. The van der Waals surface area contributed by atoms with Gasteiger partial charge < -0.3 is 4.42 Å². The molecule has 0 saturated carbocycles. The van der Waals surface area contributed by atoms with Gasteiger partial charge >= 0.3 is 0 Å². The minimum absolute atomic E-state index is 0.125. The number of furan rings is 1. The van der Waals surface area contributed by atoms with E-state index in [0.29, 0.717) is 0 Å². The molecule has 0 aliphatic heterocycles. The van der Waals surface area contributed by atoms with Crippen LogP contribution in [0, 0.1) is 0 Å². The smallest absolute Gasteiger partial charge is 0.135 e. The summed E-state index contributed by atoms with van der Waals surface area (Å²) in [5, 5.41) is 11.0. The molecular formula is C116H80N4O. The van der Waals surface area contributed by atoms with Crippen LogP contribution in [0.15, 0.2) is 344 Å². The zero-order valence-electron chi connectivity index (χ0n) is 68.5. The van der Waals surface area contributed by atoms with Gasteiger partial charge in [0.15, 0.2) is 0 Å². The lowest BCUT2D eigenvalue weighted by Gasteiger charge is -2.22. The molecule has 5 heteroatoms. The van der Waals surface area contributed by atoms with Crippen molar-refractivity contribution in [3.05, 3.63) is 384 Å². The fourth-order valence-corrected chi connectivity index (χ4v) is 21.8. The molecule has 0 N–H and O–H groups in total. The third-order valence-corrected chi connectivity index (χ3v) is 28.3. The van der Waals surface area contributed by atoms with Crippen LogP contribution in [0.5, 0.6) is 0 Å².